The van der Waals surface area contributed by atoms with Crippen LogP contribution in [-0.2, 0) is 0 Å². The number of aliphatic hydroxyl groups is 1. The number of nitrogen functional groups attached to an aromatic ring is 1. The summed E-state index contributed by atoms with van der Waals surface area (Å²) in [7, 11) is 0. The molecule has 0 saturated heterocycles. The molecular formula is C9H11NO2. The molecule has 0 atom stereocenters. The van der Waals surface area contributed by atoms with Crippen molar-refractivity contribution in [2.24, 2.45) is 0 Å². The average Bonchev–Trinajstić information content (AvgIpc) is 2.06. The molecule has 0 unspecified atom stereocenters. The number of aliphatic hydroxyl groups excluding tert-OH is 1. The summed E-state index contributed by atoms with van der Waals surface area (Å²) in [4.78, 5) is 11.2. The van der Waals surface area contributed by atoms with Crippen LogP contribution < -0.4 is 5.73 Å². The number of Topliss-reactive ketones (excluding diaryl/α,β-unsaturated/α-hetero) is 1. The lowest BCUT2D eigenvalue weighted by Crippen LogP contribution is -2.01. The molecule has 0 saturated carbocycles. The van der Waals surface area contributed by atoms with Crippen LogP contribution in [0.4, 0.5) is 5.69 Å². The van der Waals surface area contributed by atoms with Gasteiger partial charge < -0.3 is 10.8 Å². The van der Waals surface area contributed by atoms with Crippen molar-refractivity contribution in [1.29, 1.82) is 0 Å². The van der Waals surface area contributed by atoms with Crippen molar-refractivity contribution in [2.45, 2.75) is 6.42 Å². The normalized spacial score (nSPS) is 9.75. The topological polar surface area (TPSA) is 63.3 Å². The van der Waals surface area contributed by atoms with E-state index in [1.165, 1.54) is 0 Å². The van der Waals surface area contributed by atoms with Crippen molar-refractivity contribution in [1.82, 2.24) is 0 Å². The third kappa shape index (κ3) is 2.07. The number of carbonyl (C=O) groups excluding carboxylic acids is 1. The van der Waals surface area contributed by atoms with Gasteiger partial charge >= 0.3 is 0 Å². The molecule has 0 bridgehead atoms. The quantitative estimate of drug-likeness (QED) is 0.515. The fourth-order valence-electron chi connectivity index (χ4n) is 0.915. The molecular weight excluding hydrogens is 154 g/mol. The van der Waals surface area contributed by atoms with Gasteiger partial charge in [0, 0.05) is 17.7 Å². The zero-order chi connectivity index (χ0) is 8.97. The Bertz CT molecular complexity index is 266. The number of hydrogen-bond acceptors (Lipinski definition) is 3. The van der Waals surface area contributed by atoms with Gasteiger partial charge in [-0.3, -0.25) is 4.79 Å². The van der Waals surface area contributed by atoms with Crippen molar-refractivity contribution >= 4 is 11.5 Å². The van der Waals surface area contributed by atoms with Gasteiger partial charge in [-0.2, -0.15) is 0 Å². The molecule has 3 heteroatoms. The molecule has 0 aliphatic rings. The van der Waals surface area contributed by atoms with Crippen molar-refractivity contribution in [3.05, 3.63) is 29.8 Å². The van der Waals surface area contributed by atoms with Crippen molar-refractivity contribution in [3.63, 3.8) is 0 Å². The van der Waals surface area contributed by atoms with Crippen molar-refractivity contribution in [3.8, 4) is 0 Å². The summed E-state index contributed by atoms with van der Waals surface area (Å²) < 4.78 is 0. The Kier molecular flexibility index (Phi) is 2.82. The average molecular weight is 165 g/mol. The molecule has 0 amide bonds. The molecule has 0 heterocycles. The van der Waals surface area contributed by atoms with E-state index in [4.69, 9.17) is 10.8 Å². The predicted molar refractivity (Wildman–Crippen MR) is 46.9 cm³/mol. The smallest absolute Gasteiger partial charge is 0.165 e. The third-order valence-corrected chi connectivity index (χ3v) is 1.57. The molecule has 0 spiro atoms. The second-order valence-electron chi connectivity index (χ2n) is 2.52. The zero-order valence-electron chi connectivity index (χ0n) is 6.66. The molecule has 0 fully saturated rings. The molecule has 1 aromatic rings. The number of anilines is 1. The Morgan fingerprint density at radius 3 is 2.42 bits per heavy atom. The van der Waals surface area contributed by atoms with Crippen LogP contribution in [0.25, 0.3) is 0 Å². The Balaban J connectivity index is 2.75. The first-order valence-electron chi connectivity index (χ1n) is 3.73. The molecule has 3 nitrogen and oxygen atoms in total. The van der Waals surface area contributed by atoms with Crippen molar-refractivity contribution in [2.75, 3.05) is 12.3 Å². The minimum absolute atomic E-state index is 0.0579. The lowest BCUT2D eigenvalue weighted by Gasteiger charge is -1.98. The lowest BCUT2D eigenvalue weighted by molar-refractivity contribution is 0.0956. The highest BCUT2D eigenvalue weighted by Gasteiger charge is 2.02. The van der Waals surface area contributed by atoms with Crippen molar-refractivity contribution < 1.29 is 9.90 Å². The monoisotopic (exact) mass is 165 g/mol. The second-order valence-corrected chi connectivity index (χ2v) is 2.52. The molecule has 0 aliphatic heterocycles. The first-order chi connectivity index (χ1) is 5.74. The fraction of sp³-hybridized carbons (Fsp3) is 0.222. The maximum Gasteiger partial charge on any atom is 0.165 e. The maximum atomic E-state index is 11.2. The van der Waals surface area contributed by atoms with Gasteiger partial charge in [-0.05, 0) is 24.3 Å². The minimum Gasteiger partial charge on any atom is -0.399 e. The van der Waals surface area contributed by atoms with E-state index in [9.17, 15) is 4.79 Å². The molecule has 64 valence electrons. The van der Waals surface area contributed by atoms with Crippen LogP contribution in [0.3, 0.4) is 0 Å². The number of hydrogen-bond donors (Lipinski definition) is 2. The largest absolute Gasteiger partial charge is 0.399 e. The highest BCUT2D eigenvalue weighted by molar-refractivity contribution is 5.96. The van der Waals surface area contributed by atoms with E-state index in [1.807, 2.05) is 0 Å². The first kappa shape index (κ1) is 8.74. The summed E-state index contributed by atoms with van der Waals surface area (Å²) in [6.07, 6.45) is 0.171. The van der Waals surface area contributed by atoms with Gasteiger partial charge in [-0.25, -0.2) is 0 Å². The maximum absolute atomic E-state index is 11.2. The van der Waals surface area contributed by atoms with Gasteiger partial charge in [-0.1, -0.05) is 0 Å². The van der Waals surface area contributed by atoms with Crippen LogP contribution in [0.2, 0.25) is 0 Å². The highest BCUT2D eigenvalue weighted by atomic mass is 16.3. The second kappa shape index (κ2) is 3.88. The number of carbonyl (C=O) groups is 1. The van der Waals surface area contributed by atoms with E-state index in [1.54, 1.807) is 24.3 Å². The first-order valence-corrected chi connectivity index (χ1v) is 3.73. The summed E-state index contributed by atoms with van der Waals surface area (Å²) in [5.74, 6) is -0.0579. The van der Waals surface area contributed by atoms with Gasteiger partial charge in [0.05, 0.1) is 6.61 Å². The number of nitrogens with two attached hydrogens (primary N) is 1. The highest BCUT2D eigenvalue weighted by Crippen LogP contribution is 2.07. The van der Waals surface area contributed by atoms with E-state index in [-0.39, 0.29) is 18.8 Å². The number of ketones is 1. The van der Waals surface area contributed by atoms with Gasteiger partial charge in [0.1, 0.15) is 0 Å². The Labute approximate surface area is 70.8 Å². The summed E-state index contributed by atoms with van der Waals surface area (Å²) in [5.41, 5.74) is 6.67. The van der Waals surface area contributed by atoms with Crippen LogP contribution in [-0.4, -0.2) is 17.5 Å². The third-order valence-electron chi connectivity index (χ3n) is 1.57. The number of rotatable bonds is 3. The summed E-state index contributed by atoms with van der Waals surface area (Å²) in [6.45, 7) is -0.108. The Morgan fingerprint density at radius 1 is 1.33 bits per heavy atom. The molecule has 0 aromatic heterocycles. The van der Waals surface area contributed by atoms with E-state index >= 15 is 0 Å². The van der Waals surface area contributed by atoms with E-state index in [0.717, 1.165) is 0 Å². The van der Waals surface area contributed by atoms with Crippen LogP contribution in [0.5, 0.6) is 0 Å². The van der Waals surface area contributed by atoms with Gasteiger partial charge in [0.15, 0.2) is 5.78 Å². The molecule has 1 rings (SSSR count). The SMILES string of the molecule is Nc1ccc(C(=O)CCO)cc1. The molecule has 1 aromatic carbocycles. The van der Waals surface area contributed by atoms with Crippen LogP contribution in [0.15, 0.2) is 24.3 Å². The Morgan fingerprint density at radius 2 is 1.92 bits per heavy atom. The fourth-order valence-corrected chi connectivity index (χ4v) is 0.915. The van der Waals surface area contributed by atoms with E-state index in [2.05, 4.69) is 0 Å². The predicted octanol–water partition coefficient (Wildman–Crippen LogP) is 0.834. The van der Waals surface area contributed by atoms with Crippen LogP contribution >= 0.6 is 0 Å². The summed E-state index contributed by atoms with van der Waals surface area (Å²) >= 11 is 0. The molecule has 0 radical (unpaired) electrons. The Hall–Kier alpha value is -1.35. The standard InChI is InChI=1S/C9H11NO2/c10-8-3-1-7(2-4-8)9(12)5-6-11/h1-4,11H,5-6,10H2. The molecule has 12 heavy (non-hydrogen) atoms. The zero-order valence-corrected chi connectivity index (χ0v) is 6.66. The number of benzene rings is 1. The van der Waals surface area contributed by atoms with E-state index in [0.29, 0.717) is 11.3 Å². The van der Waals surface area contributed by atoms with Crippen LogP contribution in [0.1, 0.15) is 16.8 Å². The molecule has 0 aliphatic carbocycles. The van der Waals surface area contributed by atoms with Gasteiger partial charge in [-0.15, -0.1) is 0 Å². The van der Waals surface area contributed by atoms with Crippen LogP contribution in [0, 0.1) is 0 Å². The van der Waals surface area contributed by atoms with E-state index < -0.39 is 0 Å². The van der Waals surface area contributed by atoms with Gasteiger partial charge in [0.2, 0.25) is 0 Å². The minimum atomic E-state index is -0.108. The molecule has 3 N–H and O–H groups in total. The van der Waals surface area contributed by atoms with Gasteiger partial charge in [0.25, 0.3) is 0 Å². The summed E-state index contributed by atoms with van der Waals surface area (Å²) in [5, 5.41) is 8.51. The summed E-state index contributed by atoms with van der Waals surface area (Å²) in [6, 6.07) is 6.66. The lowest BCUT2D eigenvalue weighted by atomic mass is 10.1.